The Morgan fingerprint density at radius 1 is 1.24 bits per heavy atom. The van der Waals surface area contributed by atoms with Gasteiger partial charge in [-0.2, -0.15) is 0 Å². The summed E-state index contributed by atoms with van der Waals surface area (Å²) in [5.74, 6) is -1.36. The molecule has 1 saturated carbocycles. The van der Waals surface area contributed by atoms with Crippen molar-refractivity contribution in [3.8, 4) is 0 Å². The van der Waals surface area contributed by atoms with E-state index in [0.717, 1.165) is 12.8 Å². The molecule has 0 radical (unpaired) electrons. The number of rotatable bonds is 6. The monoisotopic (exact) mass is 354 g/mol. The smallest absolute Gasteiger partial charge is 0.325 e. The molecule has 1 aromatic rings. The molecule has 2 amide bonds. The normalized spacial score (nSPS) is 13.4. The molecule has 1 fully saturated rings. The molecule has 0 unspecified atom stereocenters. The third-order valence-electron chi connectivity index (χ3n) is 2.82. The molecule has 7 heteroatoms. The molecule has 112 valence electrons. The molecular formula is C14H15BrN2O4. The van der Waals surface area contributed by atoms with E-state index >= 15 is 0 Å². The summed E-state index contributed by atoms with van der Waals surface area (Å²) >= 11 is 3.25. The summed E-state index contributed by atoms with van der Waals surface area (Å²) in [5, 5.41) is 5.14. The van der Waals surface area contributed by atoms with Crippen molar-refractivity contribution in [2.24, 2.45) is 0 Å². The Kier molecular flexibility index (Phi) is 5.32. The molecular weight excluding hydrogens is 340 g/mol. The molecule has 0 bridgehead atoms. The maximum absolute atomic E-state index is 11.8. The number of amides is 2. The summed E-state index contributed by atoms with van der Waals surface area (Å²) in [4.78, 5) is 34.6. The average molecular weight is 355 g/mol. The summed E-state index contributed by atoms with van der Waals surface area (Å²) in [6, 6.07) is 7.10. The van der Waals surface area contributed by atoms with Crippen LogP contribution in [0.2, 0.25) is 0 Å². The van der Waals surface area contributed by atoms with Crippen molar-refractivity contribution in [2.75, 3.05) is 13.2 Å². The molecule has 2 rings (SSSR count). The number of carbonyl (C=O) groups excluding carboxylic acids is 3. The first-order valence-electron chi connectivity index (χ1n) is 6.54. The van der Waals surface area contributed by atoms with Crippen LogP contribution in [0.25, 0.3) is 0 Å². The SMILES string of the molecule is O=C(COC(=O)CNC(=O)c1ccccc1Br)NC1CC1. The van der Waals surface area contributed by atoms with E-state index in [1.807, 2.05) is 0 Å². The second-order valence-corrected chi connectivity index (χ2v) is 5.52. The summed E-state index contributed by atoms with van der Waals surface area (Å²) in [5.41, 5.74) is 0.428. The molecule has 0 atom stereocenters. The lowest BCUT2D eigenvalue weighted by atomic mass is 10.2. The van der Waals surface area contributed by atoms with Gasteiger partial charge in [0.1, 0.15) is 6.54 Å². The second-order valence-electron chi connectivity index (χ2n) is 4.66. The van der Waals surface area contributed by atoms with Crippen LogP contribution < -0.4 is 10.6 Å². The number of halogens is 1. The highest BCUT2D eigenvalue weighted by Crippen LogP contribution is 2.18. The third-order valence-corrected chi connectivity index (χ3v) is 3.51. The zero-order valence-electron chi connectivity index (χ0n) is 11.2. The summed E-state index contributed by atoms with van der Waals surface area (Å²) in [6.07, 6.45) is 1.95. The van der Waals surface area contributed by atoms with Crippen molar-refractivity contribution in [2.45, 2.75) is 18.9 Å². The first-order valence-corrected chi connectivity index (χ1v) is 7.33. The number of hydrogen-bond acceptors (Lipinski definition) is 4. The predicted octanol–water partition coefficient (Wildman–Crippen LogP) is 1.00. The molecule has 0 spiro atoms. The van der Waals surface area contributed by atoms with Gasteiger partial charge in [0.25, 0.3) is 11.8 Å². The van der Waals surface area contributed by atoms with Gasteiger partial charge in [-0.1, -0.05) is 12.1 Å². The van der Waals surface area contributed by atoms with Gasteiger partial charge < -0.3 is 15.4 Å². The van der Waals surface area contributed by atoms with Crippen molar-refractivity contribution in [1.82, 2.24) is 10.6 Å². The van der Waals surface area contributed by atoms with Crippen LogP contribution in [0.3, 0.4) is 0 Å². The van der Waals surface area contributed by atoms with Crippen LogP contribution in [0.5, 0.6) is 0 Å². The number of carbonyl (C=O) groups is 3. The molecule has 0 aliphatic heterocycles. The largest absolute Gasteiger partial charge is 0.454 e. The molecule has 1 aliphatic rings. The van der Waals surface area contributed by atoms with E-state index in [0.29, 0.717) is 10.0 Å². The van der Waals surface area contributed by atoms with E-state index in [4.69, 9.17) is 4.74 Å². The van der Waals surface area contributed by atoms with Gasteiger partial charge >= 0.3 is 5.97 Å². The van der Waals surface area contributed by atoms with Gasteiger partial charge in [0.2, 0.25) is 0 Å². The Hall–Kier alpha value is -1.89. The second kappa shape index (κ2) is 7.21. The minimum atomic E-state index is -0.652. The summed E-state index contributed by atoms with van der Waals surface area (Å²) < 4.78 is 5.41. The van der Waals surface area contributed by atoms with Crippen LogP contribution in [0.15, 0.2) is 28.7 Å². The van der Waals surface area contributed by atoms with Gasteiger partial charge in [-0.3, -0.25) is 14.4 Å². The molecule has 0 aromatic heterocycles. The zero-order chi connectivity index (χ0) is 15.2. The zero-order valence-corrected chi connectivity index (χ0v) is 12.8. The topological polar surface area (TPSA) is 84.5 Å². The lowest BCUT2D eigenvalue weighted by Gasteiger charge is -2.07. The van der Waals surface area contributed by atoms with Crippen LogP contribution in [0.1, 0.15) is 23.2 Å². The van der Waals surface area contributed by atoms with Gasteiger partial charge in [-0.05, 0) is 40.9 Å². The highest BCUT2D eigenvalue weighted by molar-refractivity contribution is 9.10. The Morgan fingerprint density at radius 3 is 2.62 bits per heavy atom. The first kappa shape index (κ1) is 15.5. The van der Waals surface area contributed by atoms with E-state index in [9.17, 15) is 14.4 Å². The molecule has 6 nitrogen and oxygen atoms in total. The lowest BCUT2D eigenvalue weighted by Crippen LogP contribution is -2.34. The number of esters is 1. The number of hydrogen-bond donors (Lipinski definition) is 2. The number of benzene rings is 1. The summed E-state index contributed by atoms with van der Waals surface area (Å²) in [7, 11) is 0. The first-order chi connectivity index (χ1) is 10.1. The molecule has 21 heavy (non-hydrogen) atoms. The van der Waals surface area contributed by atoms with E-state index in [1.165, 1.54) is 0 Å². The van der Waals surface area contributed by atoms with Crippen LogP contribution in [0.4, 0.5) is 0 Å². The van der Waals surface area contributed by atoms with Gasteiger partial charge in [-0.25, -0.2) is 0 Å². The molecule has 1 aliphatic carbocycles. The average Bonchev–Trinajstić information content (AvgIpc) is 3.27. The van der Waals surface area contributed by atoms with E-state index in [1.54, 1.807) is 24.3 Å². The van der Waals surface area contributed by atoms with Gasteiger partial charge in [0, 0.05) is 10.5 Å². The summed E-state index contributed by atoms with van der Waals surface area (Å²) in [6.45, 7) is -0.600. The van der Waals surface area contributed by atoms with Crippen LogP contribution in [-0.4, -0.2) is 37.0 Å². The lowest BCUT2D eigenvalue weighted by molar-refractivity contribution is -0.147. The standard InChI is InChI=1S/C14H15BrN2O4/c15-11-4-2-1-3-10(11)14(20)16-7-13(19)21-8-12(18)17-9-5-6-9/h1-4,9H,5-8H2,(H,16,20)(H,17,18). The van der Waals surface area contributed by atoms with Crippen molar-refractivity contribution in [1.29, 1.82) is 0 Å². The van der Waals surface area contributed by atoms with E-state index in [2.05, 4.69) is 26.6 Å². The molecule has 0 saturated heterocycles. The molecule has 1 aromatic carbocycles. The minimum Gasteiger partial charge on any atom is -0.454 e. The predicted molar refractivity (Wildman–Crippen MR) is 78.6 cm³/mol. The Bertz CT molecular complexity index is 558. The van der Waals surface area contributed by atoms with E-state index < -0.39 is 5.97 Å². The highest BCUT2D eigenvalue weighted by Gasteiger charge is 2.23. The maximum atomic E-state index is 11.8. The fourth-order valence-electron chi connectivity index (χ4n) is 1.59. The Balaban J connectivity index is 1.69. The molecule has 0 heterocycles. The van der Waals surface area contributed by atoms with Gasteiger partial charge in [-0.15, -0.1) is 0 Å². The maximum Gasteiger partial charge on any atom is 0.325 e. The van der Waals surface area contributed by atoms with Crippen molar-refractivity contribution >= 4 is 33.7 Å². The van der Waals surface area contributed by atoms with Crippen molar-refractivity contribution in [3.63, 3.8) is 0 Å². The number of nitrogens with one attached hydrogen (secondary N) is 2. The third kappa shape index (κ3) is 5.18. The minimum absolute atomic E-state index is 0.228. The highest BCUT2D eigenvalue weighted by atomic mass is 79.9. The van der Waals surface area contributed by atoms with Crippen LogP contribution in [0, 0.1) is 0 Å². The molecule has 2 N–H and O–H groups in total. The van der Waals surface area contributed by atoms with Gasteiger partial charge in [0.15, 0.2) is 6.61 Å². The fourth-order valence-corrected chi connectivity index (χ4v) is 2.05. The van der Waals surface area contributed by atoms with E-state index in [-0.39, 0.29) is 31.0 Å². The van der Waals surface area contributed by atoms with Crippen molar-refractivity contribution in [3.05, 3.63) is 34.3 Å². The Labute approximate surface area is 130 Å². The fraction of sp³-hybridized carbons (Fsp3) is 0.357. The van der Waals surface area contributed by atoms with Crippen molar-refractivity contribution < 1.29 is 19.1 Å². The van der Waals surface area contributed by atoms with Crippen LogP contribution >= 0.6 is 15.9 Å². The quantitative estimate of drug-likeness (QED) is 0.746. The number of ether oxygens (including phenoxy) is 1. The van der Waals surface area contributed by atoms with Crippen LogP contribution in [-0.2, 0) is 14.3 Å². The Morgan fingerprint density at radius 2 is 1.95 bits per heavy atom. The van der Waals surface area contributed by atoms with Gasteiger partial charge in [0.05, 0.1) is 5.56 Å².